The lowest BCUT2D eigenvalue weighted by Gasteiger charge is -2.11. The lowest BCUT2D eigenvalue weighted by atomic mass is 9.98. The Hall–Kier alpha value is -2.54. The third kappa shape index (κ3) is 6.25. The molecule has 32 heavy (non-hydrogen) atoms. The molecule has 0 saturated carbocycles. The van der Waals surface area contributed by atoms with E-state index in [-0.39, 0.29) is 27.3 Å². The van der Waals surface area contributed by atoms with Gasteiger partial charge in [-0.1, -0.05) is 61.3 Å². The molecule has 0 aliphatic heterocycles. The summed E-state index contributed by atoms with van der Waals surface area (Å²) in [4.78, 5) is 12.4. The average Bonchev–Trinajstić information content (AvgIpc) is 2.76. The van der Waals surface area contributed by atoms with Gasteiger partial charge in [0, 0.05) is 11.4 Å². The molecule has 3 aromatic rings. The highest BCUT2D eigenvalue weighted by molar-refractivity contribution is 7.92. The van der Waals surface area contributed by atoms with Crippen molar-refractivity contribution in [1.82, 2.24) is 0 Å². The van der Waals surface area contributed by atoms with Crippen LogP contribution in [0.3, 0.4) is 0 Å². The van der Waals surface area contributed by atoms with Crippen molar-refractivity contribution >= 4 is 50.5 Å². The molecule has 0 spiro atoms. The number of benzene rings is 3. The van der Waals surface area contributed by atoms with Gasteiger partial charge in [-0.3, -0.25) is 9.52 Å². The highest BCUT2D eigenvalue weighted by Gasteiger charge is 2.16. The van der Waals surface area contributed by atoms with Gasteiger partial charge in [0.15, 0.2) is 0 Å². The number of carbonyl (C=O) groups excluding carboxylic acids is 1. The van der Waals surface area contributed by atoms with Crippen molar-refractivity contribution < 1.29 is 13.2 Å². The minimum Gasteiger partial charge on any atom is -0.326 e. The van der Waals surface area contributed by atoms with Gasteiger partial charge < -0.3 is 5.32 Å². The van der Waals surface area contributed by atoms with Gasteiger partial charge in [0.05, 0.1) is 21.4 Å². The topological polar surface area (TPSA) is 75.3 Å². The molecule has 1 amide bonds. The fourth-order valence-corrected chi connectivity index (χ4v) is 4.52. The maximum absolute atomic E-state index is 12.5. The zero-order chi connectivity index (χ0) is 23.3. The van der Waals surface area contributed by atoms with Crippen molar-refractivity contribution in [1.29, 1.82) is 0 Å². The van der Waals surface area contributed by atoms with Gasteiger partial charge in [0.1, 0.15) is 0 Å². The Balaban J connectivity index is 1.60. The molecule has 2 N–H and O–H groups in total. The second-order valence-electron chi connectivity index (χ2n) is 7.53. The Morgan fingerprint density at radius 3 is 2.12 bits per heavy atom. The zero-order valence-electron chi connectivity index (χ0n) is 17.7. The standard InChI is InChI=1S/C24H24Cl2N2O3S/c1-3-16(2)18-6-10-19(11-7-18)27-24(29)14-17-4-8-20(9-5-17)28-32(30,31)21-12-13-22(25)23(26)15-21/h4-13,15-16,28H,3,14H2,1-2H3,(H,27,29). The van der Waals surface area contributed by atoms with E-state index in [1.165, 1.54) is 23.8 Å². The normalized spacial score (nSPS) is 12.2. The third-order valence-corrected chi connectivity index (χ3v) is 7.27. The number of hydrogen-bond donors (Lipinski definition) is 2. The Morgan fingerprint density at radius 1 is 0.906 bits per heavy atom. The maximum Gasteiger partial charge on any atom is 0.261 e. The van der Waals surface area contributed by atoms with E-state index in [0.29, 0.717) is 11.6 Å². The highest BCUT2D eigenvalue weighted by Crippen LogP contribution is 2.26. The van der Waals surface area contributed by atoms with E-state index in [4.69, 9.17) is 23.2 Å². The van der Waals surface area contributed by atoms with Crippen LogP contribution < -0.4 is 10.0 Å². The molecular formula is C24H24Cl2N2O3S. The molecular weight excluding hydrogens is 467 g/mol. The van der Waals surface area contributed by atoms with Gasteiger partial charge >= 0.3 is 0 Å². The van der Waals surface area contributed by atoms with Crippen LogP contribution in [0.4, 0.5) is 11.4 Å². The van der Waals surface area contributed by atoms with E-state index < -0.39 is 10.0 Å². The van der Waals surface area contributed by atoms with Crippen molar-refractivity contribution in [2.75, 3.05) is 10.0 Å². The fourth-order valence-electron chi connectivity index (χ4n) is 3.07. The summed E-state index contributed by atoms with van der Waals surface area (Å²) < 4.78 is 27.6. The Labute approximate surface area is 198 Å². The van der Waals surface area contributed by atoms with Crippen LogP contribution in [0.25, 0.3) is 0 Å². The molecule has 5 nitrogen and oxygen atoms in total. The molecule has 8 heteroatoms. The van der Waals surface area contributed by atoms with Gasteiger partial charge in [0.2, 0.25) is 5.91 Å². The Kier molecular flexibility index (Phi) is 7.82. The SMILES string of the molecule is CCC(C)c1ccc(NC(=O)Cc2ccc(NS(=O)(=O)c3ccc(Cl)c(Cl)c3)cc2)cc1. The first-order valence-electron chi connectivity index (χ1n) is 10.1. The van der Waals surface area contributed by atoms with Crippen LogP contribution >= 0.6 is 23.2 Å². The van der Waals surface area contributed by atoms with Gasteiger partial charge in [-0.25, -0.2) is 8.42 Å². The van der Waals surface area contributed by atoms with Crippen molar-refractivity contribution in [2.24, 2.45) is 0 Å². The van der Waals surface area contributed by atoms with E-state index in [1.807, 2.05) is 24.3 Å². The number of halogens is 2. The number of nitrogens with one attached hydrogen (secondary N) is 2. The molecule has 0 aliphatic rings. The predicted octanol–water partition coefficient (Wildman–Crippen LogP) is 6.49. The molecule has 0 aliphatic carbocycles. The monoisotopic (exact) mass is 490 g/mol. The molecule has 0 saturated heterocycles. The van der Waals surface area contributed by atoms with Gasteiger partial charge in [-0.05, 0) is 65.9 Å². The number of hydrogen-bond acceptors (Lipinski definition) is 3. The lowest BCUT2D eigenvalue weighted by molar-refractivity contribution is -0.115. The molecule has 168 valence electrons. The van der Waals surface area contributed by atoms with E-state index in [1.54, 1.807) is 24.3 Å². The van der Waals surface area contributed by atoms with E-state index in [0.717, 1.165) is 17.7 Å². The van der Waals surface area contributed by atoms with Crippen molar-refractivity contribution in [3.63, 3.8) is 0 Å². The minimum atomic E-state index is -3.81. The molecule has 3 aromatic carbocycles. The highest BCUT2D eigenvalue weighted by atomic mass is 35.5. The number of amides is 1. The lowest BCUT2D eigenvalue weighted by Crippen LogP contribution is -2.15. The van der Waals surface area contributed by atoms with Gasteiger partial charge in [-0.15, -0.1) is 0 Å². The molecule has 0 aromatic heterocycles. The first-order valence-corrected chi connectivity index (χ1v) is 12.4. The minimum absolute atomic E-state index is 0.00898. The molecule has 0 heterocycles. The maximum atomic E-state index is 12.5. The average molecular weight is 491 g/mol. The van der Waals surface area contributed by atoms with Crippen LogP contribution in [-0.2, 0) is 21.2 Å². The summed E-state index contributed by atoms with van der Waals surface area (Å²) >= 11 is 11.8. The first kappa shape index (κ1) is 24.1. The van der Waals surface area contributed by atoms with E-state index in [2.05, 4.69) is 23.9 Å². The number of anilines is 2. The number of rotatable bonds is 8. The second kappa shape index (κ2) is 10.4. The third-order valence-electron chi connectivity index (χ3n) is 5.15. The van der Waals surface area contributed by atoms with E-state index in [9.17, 15) is 13.2 Å². The van der Waals surface area contributed by atoms with Crippen molar-refractivity contribution in [3.05, 3.63) is 87.9 Å². The number of sulfonamides is 1. The zero-order valence-corrected chi connectivity index (χ0v) is 20.1. The molecule has 1 atom stereocenters. The summed E-state index contributed by atoms with van der Waals surface area (Å²) in [7, 11) is -3.81. The first-order chi connectivity index (χ1) is 15.2. The van der Waals surface area contributed by atoms with Gasteiger partial charge in [-0.2, -0.15) is 0 Å². The molecule has 1 unspecified atom stereocenters. The predicted molar refractivity (Wildman–Crippen MR) is 131 cm³/mol. The van der Waals surface area contributed by atoms with Crippen LogP contribution in [-0.4, -0.2) is 14.3 Å². The summed E-state index contributed by atoms with van der Waals surface area (Å²) in [5.41, 5.74) is 3.12. The summed E-state index contributed by atoms with van der Waals surface area (Å²) in [5.74, 6) is 0.331. The van der Waals surface area contributed by atoms with Gasteiger partial charge in [0.25, 0.3) is 10.0 Å². The largest absolute Gasteiger partial charge is 0.326 e. The summed E-state index contributed by atoms with van der Waals surface area (Å²) in [6.07, 6.45) is 1.23. The quantitative estimate of drug-likeness (QED) is 0.378. The van der Waals surface area contributed by atoms with Crippen LogP contribution in [0.2, 0.25) is 10.0 Å². The van der Waals surface area contributed by atoms with Crippen LogP contribution in [0, 0.1) is 0 Å². The smallest absolute Gasteiger partial charge is 0.261 e. The summed E-state index contributed by atoms with van der Waals surface area (Å²) in [6.45, 7) is 4.31. The van der Waals surface area contributed by atoms with Crippen molar-refractivity contribution in [2.45, 2.75) is 37.5 Å². The number of carbonyl (C=O) groups is 1. The molecule has 3 rings (SSSR count). The molecule has 0 bridgehead atoms. The molecule has 0 radical (unpaired) electrons. The Bertz CT molecular complexity index is 1190. The summed E-state index contributed by atoms with van der Waals surface area (Å²) in [5, 5.41) is 3.32. The van der Waals surface area contributed by atoms with Crippen LogP contribution in [0.15, 0.2) is 71.6 Å². The summed E-state index contributed by atoms with van der Waals surface area (Å²) in [6, 6.07) is 18.6. The second-order valence-corrected chi connectivity index (χ2v) is 10.0. The Morgan fingerprint density at radius 2 is 1.53 bits per heavy atom. The van der Waals surface area contributed by atoms with Crippen molar-refractivity contribution in [3.8, 4) is 0 Å². The molecule has 0 fully saturated rings. The van der Waals surface area contributed by atoms with E-state index >= 15 is 0 Å². The van der Waals surface area contributed by atoms with Crippen LogP contribution in [0.5, 0.6) is 0 Å². The van der Waals surface area contributed by atoms with Crippen LogP contribution in [0.1, 0.15) is 37.3 Å². The fraction of sp³-hybridized carbons (Fsp3) is 0.208.